The van der Waals surface area contributed by atoms with Crippen molar-refractivity contribution < 1.29 is 8.42 Å². The van der Waals surface area contributed by atoms with Crippen LogP contribution in [0.4, 0.5) is 11.5 Å². The first kappa shape index (κ1) is 17.2. The number of aromatic nitrogens is 1. The molecule has 1 heterocycles. The molecule has 0 unspecified atom stereocenters. The van der Waals surface area contributed by atoms with Gasteiger partial charge in [0.15, 0.2) is 0 Å². The van der Waals surface area contributed by atoms with Gasteiger partial charge in [-0.15, -0.1) is 0 Å². The standard InChI is InChI=1S/C16H22N4O2S/c1-13-5-4-6-15(11-13)23(21,22)19-16-8-7-14(12-18-16)17-9-10-20(2)3/h4-8,11-12,17H,9-10H2,1-3H3,(H,18,19). The predicted molar refractivity (Wildman–Crippen MR) is 93.3 cm³/mol. The third-order valence-corrected chi connectivity index (χ3v) is 4.54. The monoisotopic (exact) mass is 334 g/mol. The molecule has 0 bridgehead atoms. The van der Waals surface area contributed by atoms with Gasteiger partial charge in [-0.05, 0) is 50.8 Å². The van der Waals surface area contributed by atoms with Gasteiger partial charge in [0.25, 0.3) is 10.0 Å². The Bertz CT molecular complexity index is 743. The third kappa shape index (κ3) is 5.22. The fourth-order valence-corrected chi connectivity index (χ4v) is 3.07. The van der Waals surface area contributed by atoms with Crippen LogP contribution in [0.2, 0.25) is 0 Å². The number of pyridine rings is 1. The molecule has 1 aromatic heterocycles. The van der Waals surface area contributed by atoms with Gasteiger partial charge < -0.3 is 10.2 Å². The fourth-order valence-electron chi connectivity index (χ4n) is 1.96. The smallest absolute Gasteiger partial charge is 0.263 e. The highest BCUT2D eigenvalue weighted by atomic mass is 32.2. The SMILES string of the molecule is Cc1cccc(S(=O)(=O)Nc2ccc(NCCN(C)C)cn2)c1. The Hall–Kier alpha value is -2.12. The summed E-state index contributed by atoms with van der Waals surface area (Å²) in [5.41, 5.74) is 1.74. The highest BCUT2D eigenvalue weighted by Crippen LogP contribution is 2.16. The average Bonchev–Trinajstić information content (AvgIpc) is 2.48. The van der Waals surface area contributed by atoms with E-state index in [0.29, 0.717) is 5.82 Å². The van der Waals surface area contributed by atoms with Crippen molar-refractivity contribution in [1.29, 1.82) is 0 Å². The molecule has 0 aliphatic carbocycles. The van der Waals surface area contributed by atoms with Crippen molar-refractivity contribution in [2.24, 2.45) is 0 Å². The molecule has 2 rings (SSSR count). The largest absolute Gasteiger partial charge is 0.383 e. The lowest BCUT2D eigenvalue weighted by Gasteiger charge is -2.12. The van der Waals surface area contributed by atoms with Crippen molar-refractivity contribution in [3.63, 3.8) is 0 Å². The second kappa shape index (κ2) is 7.43. The summed E-state index contributed by atoms with van der Waals surface area (Å²) < 4.78 is 27.1. The summed E-state index contributed by atoms with van der Waals surface area (Å²) >= 11 is 0. The number of aryl methyl sites for hydroxylation is 1. The average molecular weight is 334 g/mol. The maximum atomic E-state index is 12.3. The van der Waals surface area contributed by atoms with Crippen LogP contribution in [-0.2, 0) is 10.0 Å². The van der Waals surface area contributed by atoms with Gasteiger partial charge in [-0.1, -0.05) is 12.1 Å². The van der Waals surface area contributed by atoms with Crippen LogP contribution in [-0.4, -0.2) is 45.5 Å². The first-order valence-electron chi connectivity index (χ1n) is 7.31. The van der Waals surface area contributed by atoms with Crippen LogP contribution in [0.5, 0.6) is 0 Å². The van der Waals surface area contributed by atoms with Gasteiger partial charge in [0, 0.05) is 13.1 Å². The van der Waals surface area contributed by atoms with E-state index in [1.165, 1.54) is 0 Å². The zero-order chi connectivity index (χ0) is 16.9. The Morgan fingerprint density at radius 1 is 1.17 bits per heavy atom. The lowest BCUT2D eigenvalue weighted by molar-refractivity contribution is 0.425. The Morgan fingerprint density at radius 2 is 1.96 bits per heavy atom. The van der Waals surface area contributed by atoms with E-state index in [4.69, 9.17) is 0 Å². The Labute approximate surface area is 137 Å². The van der Waals surface area contributed by atoms with Gasteiger partial charge in [-0.3, -0.25) is 4.72 Å². The molecule has 23 heavy (non-hydrogen) atoms. The fraction of sp³-hybridized carbons (Fsp3) is 0.312. The van der Waals surface area contributed by atoms with Crippen molar-refractivity contribution in [1.82, 2.24) is 9.88 Å². The van der Waals surface area contributed by atoms with Crippen molar-refractivity contribution in [2.75, 3.05) is 37.2 Å². The molecule has 2 aromatic rings. The maximum absolute atomic E-state index is 12.3. The minimum absolute atomic E-state index is 0.229. The molecule has 124 valence electrons. The Morgan fingerprint density at radius 3 is 2.57 bits per heavy atom. The van der Waals surface area contributed by atoms with E-state index >= 15 is 0 Å². The predicted octanol–water partition coefficient (Wildman–Crippen LogP) is 2.16. The summed E-state index contributed by atoms with van der Waals surface area (Å²) in [4.78, 5) is 6.45. The van der Waals surface area contributed by atoms with Crippen LogP contribution >= 0.6 is 0 Å². The number of nitrogens with zero attached hydrogens (tertiary/aromatic N) is 2. The van der Waals surface area contributed by atoms with Gasteiger partial charge in [0.05, 0.1) is 16.8 Å². The topological polar surface area (TPSA) is 74.3 Å². The van der Waals surface area contributed by atoms with Crippen LogP contribution in [0.1, 0.15) is 5.56 Å². The summed E-state index contributed by atoms with van der Waals surface area (Å²) in [5, 5.41) is 3.22. The summed E-state index contributed by atoms with van der Waals surface area (Å²) in [6.07, 6.45) is 1.61. The van der Waals surface area contributed by atoms with E-state index in [1.807, 2.05) is 27.1 Å². The third-order valence-electron chi connectivity index (χ3n) is 3.19. The van der Waals surface area contributed by atoms with Gasteiger partial charge in [0.1, 0.15) is 5.82 Å². The zero-order valence-electron chi connectivity index (χ0n) is 13.6. The van der Waals surface area contributed by atoms with E-state index in [1.54, 1.807) is 36.5 Å². The minimum atomic E-state index is -3.62. The molecule has 6 nitrogen and oxygen atoms in total. The molecule has 0 amide bonds. The van der Waals surface area contributed by atoms with Crippen molar-refractivity contribution in [2.45, 2.75) is 11.8 Å². The first-order chi connectivity index (χ1) is 10.9. The molecular formula is C16H22N4O2S. The zero-order valence-corrected chi connectivity index (χ0v) is 14.4. The van der Waals surface area contributed by atoms with Crippen LogP contribution in [0.25, 0.3) is 0 Å². The Balaban J connectivity index is 2.03. The van der Waals surface area contributed by atoms with E-state index in [0.717, 1.165) is 24.3 Å². The molecule has 2 N–H and O–H groups in total. The van der Waals surface area contributed by atoms with Crippen LogP contribution < -0.4 is 10.0 Å². The Kier molecular flexibility index (Phi) is 5.57. The molecule has 0 aliphatic rings. The molecule has 0 radical (unpaired) electrons. The van der Waals surface area contributed by atoms with Gasteiger partial charge in [-0.25, -0.2) is 13.4 Å². The number of likely N-dealkylation sites (N-methyl/N-ethyl adjacent to an activating group) is 1. The summed E-state index contributed by atoms with van der Waals surface area (Å²) in [5.74, 6) is 0.296. The molecule has 1 aromatic carbocycles. The lowest BCUT2D eigenvalue weighted by Crippen LogP contribution is -2.20. The molecule has 0 fully saturated rings. The molecule has 7 heteroatoms. The number of hydrogen-bond donors (Lipinski definition) is 2. The summed E-state index contributed by atoms with van der Waals surface area (Å²) in [6, 6.07) is 10.2. The number of benzene rings is 1. The second-order valence-electron chi connectivity index (χ2n) is 5.58. The first-order valence-corrected chi connectivity index (χ1v) is 8.79. The maximum Gasteiger partial charge on any atom is 0.263 e. The minimum Gasteiger partial charge on any atom is -0.383 e. The number of nitrogens with one attached hydrogen (secondary N) is 2. The van der Waals surface area contributed by atoms with Crippen molar-refractivity contribution in [3.05, 3.63) is 48.2 Å². The number of sulfonamides is 1. The van der Waals surface area contributed by atoms with Gasteiger partial charge >= 0.3 is 0 Å². The van der Waals surface area contributed by atoms with Crippen LogP contribution in [0.3, 0.4) is 0 Å². The molecule has 0 spiro atoms. The van der Waals surface area contributed by atoms with Gasteiger partial charge in [0.2, 0.25) is 0 Å². The summed E-state index contributed by atoms with van der Waals surface area (Å²) in [7, 11) is 0.390. The van der Waals surface area contributed by atoms with E-state index in [-0.39, 0.29) is 4.90 Å². The molecule has 0 aliphatic heterocycles. The van der Waals surface area contributed by atoms with Crippen LogP contribution in [0.15, 0.2) is 47.5 Å². The van der Waals surface area contributed by atoms with Crippen LogP contribution in [0, 0.1) is 6.92 Å². The number of hydrogen-bond acceptors (Lipinski definition) is 5. The molecular weight excluding hydrogens is 312 g/mol. The van der Waals surface area contributed by atoms with Crippen molar-refractivity contribution in [3.8, 4) is 0 Å². The van der Waals surface area contributed by atoms with E-state index in [9.17, 15) is 8.42 Å². The highest BCUT2D eigenvalue weighted by Gasteiger charge is 2.14. The normalized spacial score (nSPS) is 11.5. The molecule has 0 saturated heterocycles. The highest BCUT2D eigenvalue weighted by molar-refractivity contribution is 7.92. The van der Waals surface area contributed by atoms with Gasteiger partial charge in [-0.2, -0.15) is 0 Å². The van der Waals surface area contributed by atoms with E-state index in [2.05, 4.69) is 19.9 Å². The number of rotatable bonds is 7. The molecule has 0 atom stereocenters. The summed E-state index contributed by atoms with van der Waals surface area (Å²) in [6.45, 7) is 3.55. The number of anilines is 2. The molecule has 0 saturated carbocycles. The van der Waals surface area contributed by atoms with Crippen molar-refractivity contribution >= 4 is 21.5 Å². The quantitative estimate of drug-likeness (QED) is 0.812. The van der Waals surface area contributed by atoms with E-state index < -0.39 is 10.0 Å². The lowest BCUT2D eigenvalue weighted by atomic mass is 10.2. The second-order valence-corrected chi connectivity index (χ2v) is 7.27.